The summed E-state index contributed by atoms with van der Waals surface area (Å²) >= 11 is 0. The molecule has 1 fully saturated rings. The van der Waals surface area contributed by atoms with Gasteiger partial charge in [0.05, 0.1) is 10.6 Å². The maximum atomic E-state index is 12.7. The Morgan fingerprint density at radius 2 is 1.56 bits per heavy atom. The molecule has 32 heavy (non-hydrogen) atoms. The van der Waals surface area contributed by atoms with Gasteiger partial charge in [0.25, 0.3) is 15.9 Å². The van der Waals surface area contributed by atoms with Crippen LogP contribution >= 0.6 is 0 Å². The van der Waals surface area contributed by atoms with E-state index in [1.165, 1.54) is 30.5 Å². The molecule has 0 aromatic heterocycles. The van der Waals surface area contributed by atoms with Crippen LogP contribution in [0.2, 0.25) is 0 Å². The molecule has 3 aromatic carbocycles. The zero-order valence-electron chi connectivity index (χ0n) is 18.0. The van der Waals surface area contributed by atoms with Crippen LogP contribution in [0, 0.1) is 6.92 Å². The fraction of sp³-hybridized carbons (Fsp3) is 0.240. The molecule has 1 aliphatic heterocycles. The van der Waals surface area contributed by atoms with E-state index in [-0.39, 0.29) is 10.8 Å². The summed E-state index contributed by atoms with van der Waals surface area (Å²) in [4.78, 5) is 15.1. The first-order valence-corrected chi connectivity index (χ1v) is 12.2. The third-order valence-corrected chi connectivity index (χ3v) is 7.01. The van der Waals surface area contributed by atoms with Gasteiger partial charge in [-0.15, -0.1) is 0 Å². The number of para-hydroxylation sites is 1. The second-order valence-electron chi connectivity index (χ2n) is 8.08. The highest BCUT2D eigenvalue weighted by Gasteiger charge is 2.16. The van der Waals surface area contributed by atoms with Crippen molar-refractivity contribution in [3.8, 4) is 0 Å². The van der Waals surface area contributed by atoms with Gasteiger partial charge in [0, 0.05) is 17.8 Å². The van der Waals surface area contributed by atoms with Gasteiger partial charge >= 0.3 is 0 Å². The first kappa shape index (κ1) is 22.0. The Balaban J connectivity index is 1.38. The fourth-order valence-electron chi connectivity index (χ4n) is 3.77. The quantitative estimate of drug-likeness (QED) is 0.551. The van der Waals surface area contributed by atoms with E-state index in [4.69, 9.17) is 0 Å². The van der Waals surface area contributed by atoms with Crippen LogP contribution in [0.5, 0.6) is 0 Å². The topological polar surface area (TPSA) is 78.5 Å². The molecule has 0 aliphatic carbocycles. The summed E-state index contributed by atoms with van der Waals surface area (Å²) in [5.41, 5.74) is 3.67. The number of aryl methyl sites for hydroxylation is 1. The van der Waals surface area contributed by atoms with E-state index in [1.54, 1.807) is 24.3 Å². The number of carbonyl (C=O) groups is 1. The highest BCUT2D eigenvalue weighted by Crippen LogP contribution is 2.21. The Bertz CT molecular complexity index is 1180. The molecule has 7 heteroatoms. The van der Waals surface area contributed by atoms with E-state index in [9.17, 15) is 13.2 Å². The van der Waals surface area contributed by atoms with Gasteiger partial charge in [-0.2, -0.15) is 0 Å². The molecule has 1 saturated heterocycles. The van der Waals surface area contributed by atoms with Crippen LogP contribution < -0.4 is 10.0 Å². The number of hydrogen-bond donors (Lipinski definition) is 2. The number of nitrogens with zero attached hydrogens (tertiary/aromatic N) is 1. The summed E-state index contributed by atoms with van der Waals surface area (Å²) in [6, 6.07) is 21.0. The van der Waals surface area contributed by atoms with Crippen molar-refractivity contribution in [1.82, 2.24) is 4.90 Å². The minimum atomic E-state index is -3.71. The van der Waals surface area contributed by atoms with Crippen molar-refractivity contribution in [1.29, 1.82) is 0 Å². The van der Waals surface area contributed by atoms with E-state index in [1.807, 2.05) is 43.3 Å². The Labute approximate surface area is 189 Å². The molecule has 1 amide bonds. The largest absolute Gasteiger partial charge is 0.322 e. The summed E-state index contributed by atoms with van der Waals surface area (Å²) in [6.45, 7) is 5.02. The smallest absolute Gasteiger partial charge is 0.261 e. The minimum absolute atomic E-state index is 0.130. The predicted molar refractivity (Wildman–Crippen MR) is 127 cm³/mol. The third-order valence-electron chi connectivity index (χ3n) is 5.63. The molecule has 0 radical (unpaired) electrons. The Hall–Kier alpha value is -3.16. The number of nitrogens with one attached hydrogen (secondary N) is 2. The number of benzene rings is 3. The molecule has 0 unspecified atom stereocenters. The van der Waals surface area contributed by atoms with Crippen molar-refractivity contribution in [3.05, 3.63) is 89.5 Å². The van der Waals surface area contributed by atoms with Gasteiger partial charge in [0.1, 0.15) is 0 Å². The number of rotatable bonds is 7. The summed E-state index contributed by atoms with van der Waals surface area (Å²) in [7, 11) is -3.71. The van der Waals surface area contributed by atoms with Crippen molar-refractivity contribution in [2.45, 2.75) is 31.2 Å². The number of amides is 1. The van der Waals surface area contributed by atoms with E-state index >= 15 is 0 Å². The van der Waals surface area contributed by atoms with Crippen molar-refractivity contribution in [3.63, 3.8) is 0 Å². The van der Waals surface area contributed by atoms with Crippen molar-refractivity contribution >= 4 is 27.3 Å². The molecule has 166 valence electrons. The highest BCUT2D eigenvalue weighted by molar-refractivity contribution is 7.92. The summed E-state index contributed by atoms with van der Waals surface area (Å²) in [5.74, 6) is -0.230. The zero-order chi connectivity index (χ0) is 22.6. The van der Waals surface area contributed by atoms with Crippen LogP contribution in [0.4, 0.5) is 11.4 Å². The Morgan fingerprint density at radius 3 is 2.22 bits per heavy atom. The zero-order valence-corrected chi connectivity index (χ0v) is 18.9. The molecule has 2 N–H and O–H groups in total. The van der Waals surface area contributed by atoms with Gasteiger partial charge < -0.3 is 5.32 Å². The first-order chi connectivity index (χ1) is 15.4. The molecular formula is C25H27N3O3S. The van der Waals surface area contributed by atoms with Crippen molar-refractivity contribution < 1.29 is 13.2 Å². The lowest BCUT2D eigenvalue weighted by atomic mass is 10.1. The van der Waals surface area contributed by atoms with Crippen molar-refractivity contribution in [2.24, 2.45) is 0 Å². The number of hydrogen-bond acceptors (Lipinski definition) is 4. The Kier molecular flexibility index (Phi) is 6.58. The molecule has 0 spiro atoms. The summed E-state index contributed by atoms with van der Waals surface area (Å²) in [6.07, 6.45) is 2.51. The molecule has 3 aromatic rings. The second-order valence-corrected chi connectivity index (χ2v) is 9.76. The van der Waals surface area contributed by atoms with E-state index in [2.05, 4.69) is 14.9 Å². The molecule has 0 bridgehead atoms. The average Bonchev–Trinajstić information content (AvgIpc) is 3.29. The van der Waals surface area contributed by atoms with Gasteiger partial charge in [-0.1, -0.05) is 30.3 Å². The fourth-order valence-corrected chi connectivity index (χ4v) is 4.90. The van der Waals surface area contributed by atoms with Crippen LogP contribution in [0.1, 0.15) is 34.3 Å². The molecule has 0 atom stereocenters. The Morgan fingerprint density at radius 1 is 0.906 bits per heavy atom. The number of anilines is 2. The van der Waals surface area contributed by atoms with Crippen molar-refractivity contribution in [2.75, 3.05) is 23.1 Å². The molecule has 6 nitrogen and oxygen atoms in total. The van der Waals surface area contributed by atoms with Gasteiger partial charge in [-0.25, -0.2) is 8.42 Å². The SMILES string of the molecule is Cc1ccccc1NS(=O)(=O)c1ccc(NC(=O)c2ccc(CN3CCCC3)cc2)cc1. The second kappa shape index (κ2) is 9.54. The predicted octanol–water partition coefficient (Wildman–Crippen LogP) is 4.64. The van der Waals surface area contributed by atoms with Gasteiger partial charge in [-0.05, 0) is 86.4 Å². The van der Waals surface area contributed by atoms with Crippen LogP contribution in [-0.4, -0.2) is 32.3 Å². The minimum Gasteiger partial charge on any atom is -0.322 e. The lowest BCUT2D eigenvalue weighted by Gasteiger charge is -2.14. The number of sulfonamides is 1. The molecule has 1 heterocycles. The maximum absolute atomic E-state index is 12.7. The molecule has 0 saturated carbocycles. The standard InChI is InChI=1S/C25H27N3O3S/c1-19-6-2-3-7-24(19)27-32(30,31)23-14-12-22(13-15-23)26-25(29)21-10-8-20(9-11-21)18-28-16-4-5-17-28/h2-3,6-15,27H,4-5,16-18H2,1H3,(H,26,29). The van der Waals surface area contributed by atoms with E-state index < -0.39 is 10.0 Å². The molecule has 1 aliphatic rings. The summed E-state index contributed by atoms with van der Waals surface area (Å²) < 4.78 is 27.9. The lowest BCUT2D eigenvalue weighted by Crippen LogP contribution is -2.18. The normalized spacial score (nSPS) is 14.3. The average molecular weight is 450 g/mol. The molecule has 4 rings (SSSR count). The van der Waals surface area contributed by atoms with E-state index in [0.29, 0.717) is 16.9 Å². The van der Waals surface area contributed by atoms with E-state index in [0.717, 1.165) is 25.2 Å². The monoisotopic (exact) mass is 449 g/mol. The summed E-state index contributed by atoms with van der Waals surface area (Å²) in [5, 5.41) is 2.82. The van der Waals surface area contributed by atoms with Crippen LogP contribution in [0.15, 0.2) is 77.7 Å². The van der Waals surface area contributed by atoms with Crippen LogP contribution in [-0.2, 0) is 16.6 Å². The number of carbonyl (C=O) groups excluding carboxylic acids is 1. The third kappa shape index (κ3) is 5.36. The lowest BCUT2D eigenvalue weighted by molar-refractivity contribution is 0.102. The highest BCUT2D eigenvalue weighted by atomic mass is 32.2. The number of likely N-dealkylation sites (tertiary alicyclic amines) is 1. The maximum Gasteiger partial charge on any atom is 0.261 e. The van der Waals surface area contributed by atoms with Gasteiger partial charge in [0.15, 0.2) is 0 Å². The molecular weight excluding hydrogens is 422 g/mol. The van der Waals surface area contributed by atoms with Gasteiger partial charge in [-0.3, -0.25) is 14.4 Å². The van der Waals surface area contributed by atoms with Crippen LogP contribution in [0.3, 0.4) is 0 Å². The van der Waals surface area contributed by atoms with Gasteiger partial charge in [0.2, 0.25) is 0 Å². The van der Waals surface area contributed by atoms with Crippen LogP contribution in [0.25, 0.3) is 0 Å². The first-order valence-electron chi connectivity index (χ1n) is 10.7.